The van der Waals surface area contributed by atoms with Gasteiger partial charge >= 0.3 is 0 Å². The second-order valence-electron chi connectivity index (χ2n) is 6.40. The molecule has 0 fully saturated rings. The topological polar surface area (TPSA) is 6.48 Å². The molecule has 0 radical (unpaired) electrons. The third-order valence-electron chi connectivity index (χ3n) is 5.73. The predicted octanol–water partition coefficient (Wildman–Crippen LogP) is 3.96. The SMILES string of the molecule is CCN1c2c(ccc3c2N(C)[C@@H](C)[C@H]3C)[C@@H](C)[C@H]1C. The molecule has 0 spiro atoms. The molecule has 2 heterocycles. The zero-order valence-electron chi connectivity index (χ0n) is 13.1. The third-order valence-corrected chi connectivity index (χ3v) is 5.73. The molecule has 104 valence electrons. The lowest BCUT2D eigenvalue weighted by molar-refractivity contribution is 0.601. The predicted molar refractivity (Wildman–Crippen MR) is 83.6 cm³/mol. The molecular weight excluding hydrogens is 232 g/mol. The Bertz CT molecular complexity index is 508. The van der Waals surface area contributed by atoms with Crippen molar-refractivity contribution >= 4 is 11.4 Å². The van der Waals surface area contributed by atoms with E-state index in [2.05, 4.69) is 63.6 Å². The fourth-order valence-electron chi connectivity index (χ4n) is 4.00. The summed E-state index contributed by atoms with van der Waals surface area (Å²) < 4.78 is 0. The molecule has 2 aliphatic rings. The van der Waals surface area contributed by atoms with Gasteiger partial charge in [0.25, 0.3) is 0 Å². The fraction of sp³-hybridized carbons (Fsp3) is 0.647. The third kappa shape index (κ3) is 1.49. The second kappa shape index (κ2) is 4.16. The molecule has 3 rings (SSSR count). The van der Waals surface area contributed by atoms with Crippen LogP contribution in [0.2, 0.25) is 0 Å². The molecule has 0 aliphatic carbocycles. The Morgan fingerprint density at radius 2 is 1.42 bits per heavy atom. The van der Waals surface area contributed by atoms with Crippen LogP contribution in [-0.4, -0.2) is 25.7 Å². The van der Waals surface area contributed by atoms with Crippen LogP contribution in [0.3, 0.4) is 0 Å². The zero-order valence-corrected chi connectivity index (χ0v) is 13.1. The molecule has 0 amide bonds. The largest absolute Gasteiger partial charge is 0.369 e. The molecule has 1 aromatic carbocycles. The maximum absolute atomic E-state index is 2.60. The van der Waals surface area contributed by atoms with Crippen LogP contribution in [0, 0.1) is 0 Å². The van der Waals surface area contributed by atoms with Crippen molar-refractivity contribution < 1.29 is 0 Å². The van der Waals surface area contributed by atoms with Gasteiger partial charge in [0.15, 0.2) is 0 Å². The summed E-state index contributed by atoms with van der Waals surface area (Å²) in [4.78, 5) is 5.09. The molecule has 0 saturated carbocycles. The maximum Gasteiger partial charge on any atom is 0.0645 e. The lowest BCUT2D eigenvalue weighted by atomic mass is 9.93. The summed E-state index contributed by atoms with van der Waals surface area (Å²) in [5, 5.41) is 0. The Kier molecular flexibility index (Phi) is 2.81. The van der Waals surface area contributed by atoms with Crippen LogP contribution in [0.15, 0.2) is 12.1 Å². The molecule has 2 nitrogen and oxygen atoms in total. The van der Waals surface area contributed by atoms with Gasteiger partial charge < -0.3 is 9.80 Å². The van der Waals surface area contributed by atoms with Gasteiger partial charge in [-0.2, -0.15) is 0 Å². The minimum Gasteiger partial charge on any atom is -0.369 e. The zero-order chi connectivity index (χ0) is 13.9. The molecule has 19 heavy (non-hydrogen) atoms. The smallest absolute Gasteiger partial charge is 0.0645 e. The quantitative estimate of drug-likeness (QED) is 0.752. The number of fused-ring (bicyclic) bond motifs is 3. The van der Waals surface area contributed by atoms with E-state index in [-0.39, 0.29) is 0 Å². The summed E-state index contributed by atoms with van der Waals surface area (Å²) in [6, 6.07) is 5.98. The van der Waals surface area contributed by atoms with Gasteiger partial charge in [0.05, 0.1) is 11.4 Å². The number of nitrogens with zero attached hydrogens (tertiary/aromatic N) is 2. The summed E-state index contributed by atoms with van der Waals surface area (Å²) in [5.41, 5.74) is 6.09. The van der Waals surface area contributed by atoms with Crippen molar-refractivity contribution in [1.82, 2.24) is 0 Å². The van der Waals surface area contributed by atoms with E-state index in [1.165, 1.54) is 16.9 Å². The van der Waals surface area contributed by atoms with Crippen molar-refractivity contribution in [3.05, 3.63) is 23.3 Å². The van der Waals surface area contributed by atoms with Gasteiger partial charge in [0.1, 0.15) is 0 Å². The van der Waals surface area contributed by atoms with Crippen molar-refractivity contribution in [2.45, 2.75) is 58.5 Å². The number of hydrogen-bond donors (Lipinski definition) is 0. The maximum atomic E-state index is 2.60. The second-order valence-corrected chi connectivity index (χ2v) is 6.40. The Morgan fingerprint density at radius 3 is 2.00 bits per heavy atom. The highest BCUT2D eigenvalue weighted by Crippen LogP contribution is 2.52. The van der Waals surface area contributed by atoms with E-state index in [0.29, 0.717) is 23.9 Å². The van der Waals surface area contributed by atoms with Crippen LogP contribution in [0.5, 0.6) is 0 Å². The molecule has 2 heteroatoms. The molecule has 0 bridgehead atoms. The van der Waals surface area contributed by atoms with Gasteiger partial charge in [-0.15, -0.1) is 0 Å². The van der Waals surface area contributed by atoms with Gasteiger partial charge in [-0.3, -0.25) is 0 Å². The minimum absolute atomic E-state index is 0.603. The van der Waals surface area contributed by atoms with Crippen molar-refractivity contribution in [2.75, 3.05) is 23.4 Å². The van der Waals surface area contributed by atoms with Crippen LogP contribution in [-0.2, 0) is 0 Å². The van der Waals surface area contributed by atoms with E-state index in [1.54, 1.807) is 5.56 Å². The summed E-state index contributed by atoms with van der Waals surface area (Å²) in [5.74, 6) is 1.27. The van der Waals surface area contributed by atoms with Crippen molar-refractivity contribution in [3.63, 3.8) is 0 Å². The van der Waals surface area contributed by atoms with Crippen LogP contribution < -0.4 is 9.80 Å². The number of hydrogen-bond acceptors (Lipinski definition) is 2. The summed E-state index contributed by atoms with van der Waals surface area (Å²) in [6.45, 7) is 12.8. The van der Waals surface area contributed by atoms with E-state index in [0.717, 1.165) is 6.54 Å². The molecule has 2 aliphatic heterocycles. The van der Waals surface area contributed by atoms with Crippen molar-refractivity contribution in [3.8, 4) is 0 Å². The molecule has 0 saturated heterocycles. The van der Waals surface area contributed by atoms with Crippen molar-refractivity contribution in [1.29, 1.82) is 0 Å². The monoisotopic (exact) mass is 258 g/mol. The van der Waals surface area contributed by atoms with Crippen LogP contribution in [0.25, 0.3) is 0 Å². The molecule has 0 aromatic heterocycles. The van der Waals surface area contributed by atoms with Crippen LogP contribution in [0.4, 0.5) is 11.4 Å². The van der Waals surface area contributed by atoms with Crippen LogP contribution in [0.1, 0.15) is 57.6 Å². The molecule has 0 unspecified atom stereocenters. The van der Waals surface area contributed by atoms with E-state index in [4.69, 9.17) is 0 Å². The summed E-state index contributed by atoms with van der Waals surface area (Å²) in [7, 11) is 2.26. The van der Waals surface area contributed by atoms with E-state index < -0.39 is 0 Å². The van der Waals surface area contributed by atoms with Crippen LogP contribution >= 0.6 is 0 Å². The van der Waals surface area contributed by atoms with Gasteiger partial charge in [-0.1, -0.05) is 26.0 Å². The highest BCUT2D eigenvalue weighted by Gasteiger charge is 2.40. The number of anilines is 2. The Balaban J connectivity index is 2.23. The minimum atomic E-state index is 0.603. The first kappa shape index (κ1) is 12.8. The molecule has 4 atom stereocenters. The van der Waals surface area contributed by atoms with E-state index in [1.807, 2.05) is 0 Å². The highest BCUT2D eigenvalue weighted by molar-refractivity contribution is 5.84. The average Bonchev–Trinajstić information content (AvgIpc) is 2.78. The highest BCUT2D eigenvalue weighted by atomic mass is 15.2. The number of benzene rings is 1. The Morgan fingerprint density at radius 1 is 0.895 bits per heavy atom. The van der Waals surface area contributed by atoms with Crippen molar-refractivity contribution in [2.24, 2.45) is 0 Å². The normalized spacial score (nSPS) is 32.7. The number of likely N-dealkylation sites (N-methyl/N-ethyl adjacent to an activating group) is 2. The molecule has 1 aromatic rings. The summed E-state index contributed by atoms with van der Waals surface area (Å²) >= 11 is 0. The van der Waals surface area contributed by atoms with E-state index >= 15 is 0 Å². The standard InChI is InChI=1S/C17H26N2/c1-7-19-13(5)11(3)15-9-8-14-10(2)12(4)18(6)16(14)17(15)19/h8-13H,7H2,1-6H3/t10-,11+,12+,13-/m1/s1. The lowest BCUT2D eigenvalue weighted by Crippen LogP contribution is -2.32. The first-order valence-electron chi connectivity index (χ1n) is 7.65. The van der Waals surface area contributed by atoms with Gasteiger partial charge in [0.2, 0.25) is 0 Å². The number of rotatable bonds is 1. The first-order chi connectivity index (χ1) is 8.99. The van der Waals surface area contributed by atoms with Gasteiger partial charge in [-0.25, -0.2) is 0 Å². The molecular formula is C17H26N2. The Hall–Kier alpha value is -1.18. The Labute approximate surface area is 117 Å². The van der Waals surface area contributed by atoms with Gasteiger partial charge in [0, 0.05) is 37.5 Å². The summed E-state index contributed by atoms with van der Waals surface area (Å²) in [6.07, 6.45) is 0. The van der Waals surface area contributed by atoms with Gasteiger partial charge in [-0.05, 0) is 31.9 Å². The average molecular weight is 258 g/mol. The first-order valence-corrected chi connectivity index (χ1v) is 7.65. The molecule has 0 N–H and O–H groups in total. The van der Waals surface area contributed by atoms with E-state index in [9.17, 15) is 0 Å². The fourth-order valence-corrected chi connectivity index (χ4v) is 4.00. The lowest BCUT2D eigenvalue weighted by Gasteiger charge is -2.29.